The highest BCUT2D eigenvalue weighted by atomic mass is 35.5. The first-order valence-corrected chi connectivity index (χ1v) is 11.7. The summed E-state index contributed by atoms with van der Waals surface area (Å²) in [5.74, 6) is 3.28. The number of rotatable bonds is 6. The van der Waals surface area contributed by atoms with Crippen LogP contribution in [0.5, 0.6) is 11.5 Å². The van der Waals surface area contributed by atoms with Crippen molar-refractivity contribution in [2.75, 3.05) is 30.7 Å². The predicted octanol–water partition coefficient (Wildman–Crippen LogP) is 6.07. The molecule has 2 aliphatic rings. The Morgan fingerprint density at radius 1 is 1.07 bits per heavy atom. The van der Waals surface area contributed by atoms with Gasteiger partial charge in [0.2, 0.25) is 0 Å². The van der Waals surface area contributed by atoms with Crippen LogP contribution < -0.4 is 14.8 Å². The molecule has 5 rings (SSSR count). The van der Waals surface area contributed by atoms with Crippen LogP contribution in [-0.4, -0.2) is 25.3 Å². The van der Waals surface area contributed by atoms with E-state index in [0.29, 0.717) is 12.5 Å². The van der Waals surface area contributed by atoms with Gasteiger partial charge in [0.1, 0.15) is 18.1 Å². The zero-order valence-electron chi connectivity index (χ0n) is 16.9. The molecule has 0 saturated carbocycles. The molecular formula is C25H24ClNO2S. The summed E-state index contributed by atoms with van der Waals surface area (Å²) in [5, 5.41) is 3.84. The molecule has 2 atom stereocenters. The molecule has 0 aliphatic carbocycles. The average Bonchev–Trinajstić information content (AvgIpc) is 3.12. The van der Waals surface area contributed by atoms with E-state index in [2.05, 4.69) is 53.8 Å². The Balaban J connectivity index is 1.56. The lowest BCUT2D eigenvalue weighted by Crippen LogP contribution is -2.39. The van der Waals surface area contributed by atoms with E-state index in [-0.39, 0.29) is 11.5 Å². The second-order valence-corrected chi connectivity index (χ2v) is 9.22. The van der Waals surface area contributed by atoms with E-state index in [4.69, 9.17) is 21.1 Å². The molecule has 0 saturated heterocycles. The number of alkyl halides is 1. The number of fused-ring (bicyclic) bond motifs is 5. The predicted molar refractivity (Wildman–Crippen MR) is 125 cm³/mol. The number of hydrogen-bond donors (Lipinski definition) is 1. The highest BCUT2D eigenvalue weighted by molar-refractivity contribution is 7.99. The van der Waals surface area contributed by atoms with Crippen molar-refractivity contribution in [1.29, 1.82) is 0 Å². The highest BCUT2D eigenvalue weighted by Crippen LogP contribution is 2.57. The van der Waals surface area contributed by atoms with Crippen LogP contribution in [0.3, 0.4) is 0 Å². The fourth-order valence-electron chi connectivity index (χ4n) is 4.70. The van der Waals surface area contributed by atoms with Gasteiger partial charge in [-0.15, -0.1) is 23.4 Å². The van der Waals surface area contributed by atoms with E-state index < -0.39 is 0 Å². The van der Waals surface area contributed by atoms with Crippen LogP contribution in [-0.2, 0) is 11.8 Å². The van der Waals surface area contributed by atoms with Gasteiger partial charge in [-0.25, -0.2) is 0 Å². The van der Waals surface area contributed by atoms with Crippen LogP contribution in [0.1, 0.15) is 22.7 Å². The first-order chi connectivity index (χ1) is 14.7. The van der Waals surface area contributed by atoms with Crippen LogP contribution in [0.25, 0.3) is 0 Å². The first kappa shape index (κ1) is 19.7. The third kappa shape index (κ3) is 3.32. The molecule has 0 spiro atoms. The van der Waals surface area contributed by atoms with E-state index in [9.17, 15) is 0 Å². The van der Waals surface area contributed by atoms with Crippen molar-refractivity contribution < 1.29 is 9.47 Å². The highest BCUT2D eigenvalue weighted by Gasteiger charge is 2.50. The summed E-state index contributed by atoms with van der Waals surface area (Å²) in [4.78, 5) is 1.37. The van der Waals surface area contributed by atoms with Crippen molar-refractivity contribution >= 4 is 29.1 Å². The molecule has 154 valence electrons. The summed E-state index contributed by atoms with van der Waals surface area (Å²) in [6.07, 6.45) is 0.946. The first-order valence-electron chi connectivity index (χ1n) is 10.2. The summed E-state index contributed by atoms with van der Waals surface area (Å²) < 4.78 is 11.2. The molecule has 0 aromatic heterocycles. The number of hydrogen-bond acceptors (Lipinski definition) is 4. The SMILES string of the molecule is COc1ccc2c(c1)C1(Cc3ccc(OCCCl)cc3)CSc3ccccc3C1N2. The molecule has 3 aromatic rings. The Hall–Kier alpha value is -2.30. The van der Waals surface area contributed by atoms with Crippen LogP contribution in [0.2, 0.25) is 0 Å². The van der Waals surface area contributed by atoms with Crippen LogP contribution >= 0.6 is 23.4 Å². The van der Waals surface area contributed by atoms with E-state index >= 15 is 0 Å². The van der Waals surface area contributed by atoms with Gasteiger partial charge >= 0.3 is 0 Å². The Morgan fingerprint density at radius 2 is 1.87 bits per heavy atom. The van der Waals surface area contributed by atoms with Gasteiger partial charge in [0.05, 0.1) is 19.0 Å². The fraction of sp³-hybridized carbons (Fsp3) is 0.280. The lowest BCUT2D eigenvalue weighted by Gasteiger charge is -2.40. The van der Waals surface area contributed by atoms with Crippen LogP contribution in [0.4, 0.5) is 5.69 Å². The third-order valence-electron chi connectivity index (χ3n) is 6.12. The molecule has 0 amide bonds. The number of methoxy groups -OCH3 is 1. The molecule has 30 heavy (non-hydrogen) atoms. The smallest absolute Gasteiger partial charge is 0.119 e. The van der Waals surface area contributed by atoms with Gasteiger partial charge < -0.3 is 14.8 Å². The number of anilines is 1. The molecule has 3 aromatic carbocycles. The van der Waals surface area contributed by atoms with Gasteiger partial charge in [0.15, 0.2) is 0 Å². The molecule has 5 heteroatoms. The van der Waals surface area contributed by atoms with Gasteiger partial charge in [-0.05, 0) is 59.5 Å². The van der Waals surface area contributed by atoms with Gasteiger partial charge in [-0.1, -0.05) is 30.3 Å². The third-order valence-corrected chi connectivity index (χ3v) is 7.62. The molecule has 0 bridgehead atoms. The Bertz CT molecular complexity index is 1060. The minimum absolute atomic E-state index is 0.0403. The minimum Gasteiger partial charge on any atom is -0.497 e. The Morgan fingerprint density at radius 3 is 2.67 bits per heavy atom. The second kappa shape index (κ2) is 8.09. The van der Waals surface area contributed by atoms with E-state index in [1.54, 1.807) is 7.11 Å². The molecule has 2 unspecified atom stereocenters. The fourth-order valence-corrected chi connectivity index (χ4v) is 6.15. The summed E-state index contributed by atoms with van der Waals surface area (Å²) >= 11 is 7.70. The van der Waals surface area contributed by atoms with Gasteiger partial charge in [0.25, 0.3) is 0 Å². The summed E-state index contributed by atoms with van der Waals surface area (Å²) in [6.45, 7) is 0.525. The van der Waals surface area contributed by atoms with Gasteiger partial charge in [0, 0.05) is 21.8 Å². The molecule has 0 fully saturated rings. The summed E-state index contributed by atoms with van der Waals surface area (Å²) in [6, 6.07) is 23.9. The topological polar surface area (TPSA) is 30.5 Å². The Kier molecular flexibility index (Phi) is 5.30. The molecule has 2 aliphatic heterocycles. The molecule has 0 radical (unpaired) electrons. The van der Waals surface area contributed by atoms with E-state index in [1.165, 1.54) is 27.3 Å². The molecule has 2 heterocycles. The summed E-state index contributed by atoms with van der Waals surface area (Å²) in [5.41, 5.74) is 5.19. The van der Waals surface area contributed by atoms with Crippen molar-refractivity contribution in [2.45, 2.75) is 22.8 Å². The van der Waals surface area contributed by atoms with Crippen molar-refractivity contribution in [1.82, 2.24) is 0 Å². The van der Waals surface area contributed by atoms with Gasteiger partial charge in [-0.2, -0.15) is 0 Å². The number of nitrogens with one attached hydrogen (secondary N) is 1. The second-order valence-electron chi connectivity index (χ2n) is 7.83. The number of thioether (sulfide) groups is 1. The van der Waals surface area contributed by atoms with Crippen LogP contribution in [0, 0.1) is 0 Å². The zero-order valence-corrected chi connectivity index (χ0v) is 18.4. The monoisotopic (exact) mass is 437 g/mol. The van der Waals surface area contributed by atoms with Gasteiger partial charge in [-0.3, -0.25) is 0 Å². The number of ether oxygens (including phenoxy) is 2. The normalized spacial score (nSPS) is 21.2. The van der Waals surface area contributed by atoms with E-state index in [1.807, 2.05) is 30.0 Å². The molecular weight excluding hydrogens is 414 g/mol. The maximum absolute atomic E-state index is 5.74. The largest absolute Gasteiger partial charge is 0.497 e. The standard InChI is InChI=1S/C25H24ClNO2S/c1-28-19-10-11-22-21(14-19)25(15-17-6-8-18(9-7-17)29-13-12-26)16-30-23-5-3-2-4-20(23)24(25)27-22/h2-11,14,24,27H,12-13,15-16H2,1H3. The molecule has 1 N–H and O–H groups in total. The van der Waals surface area contributed by atoms with E-state index in [0.717, 1.165) is 23.7 Å². The number of halogens is 1. The Labute approximate surface area is 186 Å². The average molecular weight is 438 g/mol. The zero-order chi connectivity index (χ0) is 20.6. The quantitative estimate of drug-likeness (QED) is 0.474. The maximum atomic E-state index is 5.74. The van der Waals surface area contributed by atoms with Crippen molar-refractivity contribution in [3.05, 3.63) is 83.4 Å². The maximum Gasteiger partial charge on any atom is 0.119 e. The lowest BCUT2D eigenvalue weighted by molar-refractivity contribution is 0.342. The van der Waals surface area contributed by atoms with Crippen molar-refractivity contribution in [3.63, 3.8) is 0 Å². The van der Waals surface area contributed by atoms with Crippen LogP contribution in [0.15, 0.2) is 71.6 Å². The van der Waals surface area contributed by atoms with Crippen molar-refractivity contribution in [3.8, 4) is 11.5 Å². The summed E-state index contributed by atoms with van der Waals surface area (Å²) in [7, 11) is 1.73. The molecule has 3 nitrogen and oxygen atoms in total. The minimum atomic E-state index is -0.0403. The number of benzene rings is 3. The van der Waals surface area contributed by atoms with Crippen molar-refractivity contribution in [2.24, 2.45) is 0 Å². The lowest BCUT2D eigenvalue weighted by atomic mass is 9.71.